The van der Waals surface area contributed by atoms with Crippen molar-refractivity contribution in [2.75, 3.05) is 18.4 Å². The summed E-state index contributed by atoms with van der Waals surface area (Å²) < 4.78 is 13.9. The predicted octanol–water partition coefficient (Wildman–Crippen LogP) is 4.44. The van der Waals surface area contributed by atoms with Crippen LogP contribution in [0.4, 0.5) is 15.8 Å². The van der Waals surface area contributed by atoms with Gasteiger partial charge in [-0.25, -0.2) is 4.39 Å². The average Bonchev–Trinajstić information content (AvgIpc) is 2.95. The van der Waals surface area contributed by atoms with Crippen molar-refractivity contribution >= 4 is 50.3 Å². The largest absolute Gasteiger partial charge is 0.383 e. The van der Waals surface area contributed by atoms with Crippen LogP contribution in [0.3, 0.4) is 0 Å². The fourth-order valence-electron chi connectivity index (χ4n) is 2.35. The smallest absolute Gasteiger partial charge is 0.269 e. The van der Waals surface area contributed by atoms with Crippen molar-refractivity contribution in [2.24, 2.45) is 0 Å². The number of nitrogens with one attached hydrogen (secondary N) is 2. The first-order chi connectivity index (χ1) is 12.5. The van der Waals surface area contributed by atoms with Crippen molar-refractivity contribution in [3.05, 3.63) is 68.3 Å². The van der Waals surface area contributed by atoms with Crippen molar-refractivity contribution in [3.63, 3.8) is 0 Å². The Bertz CT molecular complexity index is 975. The number of thiophene rings is 1. The number of nitro benzene ring substituents is 1. The molecule has 0 saturated carbocycles. The van der Waals surface area contributed by atoms with Gasteiger partial charge >= 0.3 is 0 Å². The number of benzene rings is 2. The molecule has 6 nitrogen and oxygen atoms in total. The van der Waals surface area contributed by atoms with Gasteiger partial charge in [0.05, 0.1) is 9.95 Å². The van der Waals surface area contributed by atoms with E-state index >= 15 is 0 Å². The number of hydrogen-bond donors (Lipinski definition) is 2. The topological polar surface area (TPSA) is 84.3 Å². The zero-order valence-electron chi connectivity index (χ0n) is 13.3. The number of non-ortho nitro benzene ring substituents is 1. The third-order valence-corrected chi connectivity index (χ3v) is 5.27. The van der Waals surface area contributed by atoms with Crippen LogP contribution in [-0.4, -0.2) is 23.9 Å². The van der Waals surface area contributed by atoms with E-state index in [1.165, 1.54) is 24.3 Å². The molecule has 0 atom stereocenters. The molecule has 0 aliphatic heterocycles. The van der Waals surface area contributed by atoms with Crippen LogP contribution in [0.15, 0.2) is 42.5 Å². The maximum absolute atomic E-state index is 13.3. The average molecular weight is 394 g/mol. The van der Waals surface area contributed by atoms with E-state index in [-0.39, 0.29) is 17.4 Å². The Morgan fingerprint density at radius 1 is 1.19 bits per heavy atom. The summed E-state index contributed by atoms with van der Waals surface area (Å²) in [5, 5.41) is 17.3. The van der Waals surface area contributed by atoms with Gasteiger partial charge in [-0.05, 0) is 30.3 Å². The molecule has 26 heavy (non-hydrogen) atoms. The minimum absolute atomic E-state index is 0.0136. The first kappa shape index (κ1) is 18.1. The Labute approximate surface area is 156 Å². The fraction of sp³-hybridized carbons (Fsp3) is 0.118. The summed E-state index contributed by atoms with van der Waals surface area (Å²) >= 11 is 7.35. The van der Waals surface area contributed by atoms with Gasteiger partial charge in [0.25, 0.3) is 11.6 Å². The van der Waals surface area contributed by atoms with Gasteiger partial charge < -0.3 is 10.6 Å². The lowest BCUT2D eigenvalue weighted by molar-refractivity contribution is -0.384. The number of nitro groups is 1. The molecular formula is C17H13ClFN3O3S. The number of hydrogen-bond acceptors (Lipinski definition) is 5. The highest BCUT2D eigenvalue weighted by Crippen LogP contribution is 2.35. The second-order valence-corrected chi connectivity index (χ2v) is 6.80. The zero-order valence-corrected chi connectivity index (χ0v) is 14.9. The number of anilines is 1. The molecule has 0 radical (unpaired) electrons. The summed E-state index contributed by atoms with van der Waals surface area (Å²) in [5.74, 6) is -0.711. The first-order valence-electron chi connectivity index (χ1n) is 7.60. The van der Waals surface area contributed by atoms with Gasteiger partial charge in [0, 0.05) is 41.0 Å². The van der Waals surface area contributed by atoms with Crippen LogP contribution in [-0.2, 0) is 0 Å². The van der Waals surface area contributed by atoms with Crippen LogP contribution in [0.1, 0.15) is 9.67 Å². The Balaban J connectivity index is 1.56. The van der Waals surface area contributed by atoms with Gasteiger partial charge in [-0.3, -0.25) is 14.9 Å². The van der Waals surface area contributed by atoms with E-state index in [4.69, 9.17) is 11.6 Å². The second kappa shape index (κ2) is 7.67. The first-order valence-corrected chi connectivity index (χ1v) is 8.79. The Morgan fingerprint density at radius 2 is 1.92 bits per heavy atom. The van der Waals surface area contributed by atoms with E-state index in [1.54, 1.807) is 18.2 Å². The number of amides is 1. The van der Waals surface area contributed by atoms with Crippen LogP contribution >= 0.6 is 22.9 Å². The van der Waals surface area contributed by atoms with Crippen molar-refractivity contribution in [3.8, 4) is 0 Å². The summed E-state index contributed by atoms with van der Waals surface area (Å²) in [6, 6.07) is 10.2. The monoisotopic (exact) mass is 393 g/mol. The van der Waals surface area contributed by atoms with Crippen LogP contribution in [0.2, 0.25) is 5.02 Å². The summed E-state index contributed by atoms with van der Waals surface area (Å²) in [6.07, 6.45) is 0. The molecule has 1 aromatic heterocycles. The molecule has 1 heterocycles. The van der Waals surface area contributed by atoms with Gasteiger partial charge in [0.15, 0.2) is 0 Å². The predicted molar refractivity (Wildman–Crippen MR) is 101 cm³/mol. The minimum Gasteiger partial charge on any atom is -0.383 e. The molecule has 134 valence electrons. The van der Waals surface area contributed by atoms with E-state index in [1.807, 2.05) is 0 Å². The fourth-order valence-corrected chi connectivity index (χ4v) is 3.81. The molecule has 3 rings (SSSR count). The Morgan fingerprint density at radius 3 is 2.62 bits per heavy atom. The van der Waals surface area contributed by atoms with Gasteiger partial charge in [0.1, 0.15) is 10.7 Å². The van der Waals surface area contributed by atoms with Crippen molar-refractivity contribution in [1.29, 1.82) is 0 Å². The van der Waals surface area contributed by atoms with Gasteiger partial charge in [-0.15, -0.1) is 11.3 Å². The molecule has 0 fully saturated rings. The minimum atomic E-state index is -0.468. The molecule has 3 aromatic rings. The van der Waals surface area contributed by atoms with E-state index in [0.717, 1.165) is 11.3 Å². The van der Waals surface area contributed by atoms with Crippen LogP contribution in [0.25, 0.3) is 10.1 Å². The van der Waals surface area contributed by atoms with Crippen LogP contribution in [0.5, 0.6) is 0 Å². The molecule has 0 spiro atoms. The van der Waals surface area contributed by atoms with E-state index in [9.17, 15) is 19.3 Å². The zero-order chi connectivity index (χ0) is 18.7. The lowest BCUT2D eigenvalue weighted by Crippen LogP contribution is -2.28. The quantitative estimate of drug-likeness (QED) is 0.368. The molecule has 0 unspecified atom stereocenters. The third kappa shape index (κ3) is 3.92. The number of halogens is 2. The number of fused-ring (bicyclic) bond motifs is 1. The van der Waals surface area contributed by atoms with E-state index < -0.39 is 4.92 Å². The molecule has 2 aromatic carbocycles. The normalized spacial score (nSPS) is 10.7. The number of rotatable bonds is 6. The number of carbonyl (C=O) groups excluding carboxylic acids is 1. The highest BCUT2D eigenvalue weighted by Gasteiger charge is 2.17. The molecule has 0 saturated heterocycles. The Kier molecular flexibility index (Phi) is 5.34. The van der Waals surface area contributed by atoms with E-state index in [2.05, 4.69) is 10.6 Å². The molecule has 9 heteroatoms. The van der Waals surface area contributed by atoms with Gasteiger partial charge in [-0.1, -0.05) is 11.6 Å². The highest BCUT2D eigenvalue weighted by atomic mass is 35.5. The summed E-state index contributed by atoms with van der Waals surface area (Å²) in [7, 11) is 0. The van der Waals surface area contributed by atoms with Crippen molar-refractivity contribution in [1.82, 2.24) is 5.32 Å². The molecule has 0 aliphatic rings. The number of carbonyl (C=O) groups is 1. The summed E-state index contributed by atoms with van der Waals surface area (Å²) in [6.45, 7) is 0.759. The van der Waals surface area contributed by atoms with Gasteiger partial charge in [-0.2, -0.15) is 0 Å². The second-order valence-electron chi connectivity index (χ2n) is 5.37. The standard InChI is InChI=1S/C17H13ClFN3O3S/c18-15-13-6-1-10(19)9-14(13)26-16(15)17(23)21-8-7-20-11-2-4-12(5-3-11)22(24)25/h1-6,9,20H,7-8H2,(H,21,23). The molecule has 0 bridgehead atoms. The molecule has 0 aliphatic carbocycles. The molecule has 2 N–H and O–H groups in total. The SMILES string of the molecule is O=C(NCCNc1ccc([N+](=O)[O-])cc1)c1sc2cc(F)ccc2c1Cl. The number of nitrogens with zero attached hydrogens (tertiary/aromatic N) is 1. The van der Waals surface area contributed by atoms with Crippen molar-refractivity contribution in [2.45, 2.75) is 0 Å². The molecular weight excluding hydrogens is 381 g/mol. The summed E-state index contributed by atoms with van der Waals surface area (Å²) in [5.41, 5.74) is 0.722. The van der Waals surface area contributed by atoms with Crippen molar-refractivity contribution < 1.29 is 14.1 Å². The maximum atomic E-state index is 13.3. The third-order valence-electron chi connectivity index (χ3n) is 3.62. The van der Waals surface area contributed by atoms with E-state index in [0.29, 0.717) is 38.8 Å². The highest BCUT2D eigenvalue weighted by molar-refractivity contribution is 7.21. The summed E-state index contributed by atoms with van der Waals surface area (Å²) in [4.78, 5) is 22.7. The lowest BCUT2D eigenvalue weighted by atomic mass is 10.2. The maximum Gasteiger partial charge on any atom is 0.269 e. The van der Waals surface area contributed by atoms with Gasteiger partial charge in [0.2, 0.25) is 0 Å². The Hall–Kier alpha value is -2.71. The van der Waals surface area contributed by atoms with Crippen LogP contribution < -0.4 is 10.6 Å². The van der Waals surface area contributed by atoms with Crippen LogP contribution in [0, 0.1) is 15.9 Å². The lowest BCUT2D eigenvalue weighted by Gasteiger charge is -2.07. The molecule has 1 amide bonds.